The zero-order chi connectivity index (χ0) is 18.7. The Morgan fingerprint density at radius 1 is 1.42 bits per heavy atom. The Morgan fingerprint density at radius 3 is 2.42 bits per heavy atom. The topological polar surface area (TPSA) is 152 Å². The molecule has 1 atom stereocenters. The number of nitrogens with two attached hydrogens (primary N) is 1. The first-order chi connectivity index (χ1) is 11.0. The number of aliphatic carboxylic acids is 1. The molecule has 2 amide bonds. The lowest BCUT2D eigenvalue weighted by Gasteiger charge is -2.25. The van der Waals surface area contributed by atoms with Gasteiger partial charge in [0.05, 0.1) is 0 Å². The zero-order valence-corrected chi connectivity index (χ0v) is 14.3. The molecule has 0 bridgehead atoms. The van der Waals surface area contributed by atoms with Crippen LogP contribution in [0.5, 0.6) is 0 Å². The summed E-state index contributed by atoms with van der Waals surface area (Å²) in [6, 6.07) is -0.279. The Morgan fingerprint density at radius 2 is 2.00 bits per heavy atom. The predicted octanol–water partition coefficient (Wildman–Crippen LogP) is -1.28. The number of hydrogen-bond donors (Lipinski definition) is 3. The fourth-order valence-electron chi connectivity index (χ4n) is 2.04. The molecular weight excluding hydrogens is 340 g/mol. The molecule has 1 rings (SSSR count). The van der Waals surface area contributed by atoms with Gasteiger partial charge in [-0.1, -0.05) is 0 Å². The summed E-state index contributed by atoms with van der Waals surface area (Å²) in [4.78, 5) is 33.2. The average Bonchev–Trinajstić information content (AvgIpc) is 2.85. The van der Waals surface area contributed by atoms with E-state index in [0.717, 1.165) is 10.4 Å². The maximum absolute atomic E-state index is 12.7. The van der Waals surface area contributed by atoms with Gasteiger partial charge in [0.2, 0.25) is 15.9 Å². The molecule has 0 aliphatic rings. The van der Waals surface area contributed by atoms with Gasteiger partial charge in [0.1, 0.15) is 16.6 Å². The Bertz CT molecular complexity index is 755. The fourth-order valence-corrected chi connectivity index (χ4v) is 3.70. The highest BCUT2D eigenvalue weighted by atomic mass is 32.2. The summed E-state index contributed by atoms with van der Waals surface area (Å²) in [5, 5.41) is 11.6. The average molecular weight is 360 g/mol. The third-order valence-electron chi connectivity index (χ3n) is 3.33. The highest BCUT2D eigenvalue weighted by Crippen LogP contribution is 2.20. The minimum atomic E-state index is -4.21. The zero-order valence-electron chi connectivity index (χ0n) is 13.5. The molecule has 134 valence electrons. The lowest BCUT2D eigenvalue weighted by atomic mass is 10.3. The highest BCUT2D eigenvalue weighted by molar-refractivity contribution is 7.89. The van der Waals surface area contributed by atoms with Crippen LogP contribution in [0.4, 0.5) is 0 Å². The first-order valence-electron chi connectivity index (χ1n) is 6.93. The van der Waals surface area contributed by atoms with E-state index in [1.54, 1.807) is 0 Å². The second-order valence-electron chi connectivity index (χ2n) is 5.15. The molecule has 1 heterocycles. The normalized spacial score (nSPS) is 12.8. The van der Waals surface area contributed by atoms with E-state index >= 15 is 0 Å². The van der Waals surface area contributed by atoms with Crippen LogP contribution in [0.25, 0.3) is 0 Å². The summed E-state index contributed by atoms with van der Waals surface area (Å²) in [6.07, 6.45) is 1.18. The molecular formula is C13H20N4O6S. The number of hydrogen-bond acceptors (Lipinski definition) is 5. The van der Waals surface area contributed by atoms with E-state index in [1.807, 2.05) is 0 Å². The molecule has 4 N–H and O–H groups in total. The fraction of sp³-hybridized carbons (Fsp3) is 0.462. The van der Waals surface area contributed by atoms with E-state index < -0.39 is 27.9 Å². The number of amides is 2. The van der Waals surface area contributed by atoms with E-state index in [9.17, 15) is 22.8 Å². The first-order valence-corrected chi connectivity index (χ1v) is 8.37. The van der Waals surface area contributed by atoms with Gasteiger partial charge < -0.3 is 20.7 Å². The number of aryl methyl sites for hydroxylation is 1. The van der Waals surface area contributed by atoms with E-state index in [0.29, 0.717) is 0 Å². The number of rotatable bonds is 8. The van der Waals surface area contributed by atoms with Crippen LogP contribution in [0.15, 0.2) is 17.2 Å². The van der Waals surface area contributed by atoms with Gasteiger partial charge in [0.25, 0.3) is 5.91 Å². The van der Waals surface area contributed by atoms with Crippen LogP contribution >= 0.6 is 0 Å². The first kappa shape index (κ1) is 19.6. The molecule has 11 heteroatoms. The van der Waals surface area contributed by atoms with Crippen molar-refractivity contribution in [3.63, 3.8) is 0 Å². The molecule has 0 aliphatic carbocycles. The molecule has 0 saturated carbocycles. The Labute approximate surface area is 139 Å². The Hall–Kier alpha value is -2.40. The van der Waals surface area contributed by atoms with Gasteiger partial charge in [-0.05, 0) is 13.0 Å². The number of carboxylic acids is 1. The van der Waals surface area contributed by atoms with Gasteiger partial charge in [-0.3, -0.25) is 14.4 Å². The largest absolute Gasteiger partial charge is 0.480 e. The number of nitrogens with one attached hydrogen (secondary N) is 1. The van der Waals surface area contributed by atoms with E-state index in [-0.39, 0.29) is 29.6 Å². The molecule has 1 unspecified atom stereocenters. The van der Waals surface area contributed by atoms with Crippen molar-refractivity contribution in [2.45, 2.75) is 24.8 Å². The molecule has 1 aromatic heterocycles. The minimum absolute atomic E-state index is 0.0293. The molecule has 0 radical (unpaired) electrons. The van der Waals surface area contributed by atoms with Crippen molar-refractivity contribution in [1.82, 2.24) is 14.2 Å². The van der Waals surface area contributed by atoms with Crippen molar-refractivity contribution in [3.8, 4) is 0 Å². The van der Waals surface area contributed by atoms with Gasteiger partial charge in [-0.25, -0.2) is 8.42 Å². The number of aromatic nitrogens is 1. The predicted molar refractivity (Wildman–Crippen MR) is 83.6 cm³/mol. The van der Waals surface area contributed by atoms with E-state index in [2.05, 4.69) is 5.32 Å². The Kier molecular flexibility index (Phi) is 6.10. The highest BCUT2D eigenvalue weighted by Gasteiger charge is 2.34. The number of carbonyl (C=O) groups is 3. The van der Waals surface area contributed by atoms with Crippen LogP contribution in [-0.2, 0) is 26.7 Å². The summed E-state index contributed by atoms with van der Waals surface area (Å²) in [6.45, 7) is 2.18. The third kappa shape index (κ3) is 4.32. The summed E-state index contributed by atoms with van der Waals surface area (Å²) in [5.41, 5.74) is 5.13. The summed E-state index contributed by atoms with van der Waals surface area (Å²) in [5.74, 6) is -2.52. The summed E-state index contributed by atoms with van der Waals surface area (Å²) < 4.78 is 27.4. The van der Waals surface area contributed by atoms with Gasteiger partial charge in [0, 0.05) is 33.3 Å². The van der Waals surface area contributed by atoms with Crippen molar-refractivity contribution in [2.24, 2.45) is 12.8 Å². The van der Waals surface area contributed by atoms with Crippen LogP contribution in [0.1, 0.15) is 24.3 Å². The number of nitrogens with zero attached hydrogens (tertiary/aromatic N) is 2. The molecule has 10 nitrogen and oxygen atoms in total. The molecule has 0 aliphatic heterocycles. The molecule has 0 saturated heterocycles. The number of carboxylic acid groups (broad SMARTS) is 1. The van der Waals surface area contributed by atoms with Crippen molar-refractivity contribution < 1.29 is 27.9 Å². The van der Waals surface area contributed by atoms with Crippen molar-refractivity contribution >= 4 is 27.8 Å². The number of carbonyl (C=O) groups excluding carboxylic acids is 2. The molecule has 24 heavy (non-hydrogen) atoms. The van der Waals surface area contributed by atoms with Crippen LogP contribution < -0.4 is 11.1 Å². The van der Waals surface area contributed by atoms with Gasteiger partial charge >= 0.3 is 5.97 Å². The molecule has 0 fully saturated rings. The monoisotopic (exact) mass is 360 g/mol. The maximum atomic E-state index is 12.7. The third-order valence-corrected chi connectivity index (χ3v) is 5.27. The molecule has 1 aromatic rings. The molecule has 0 spiro atoms. The van der Waals surface area contributed by atoms with Crippen LogP contribution in [0.2, 0.25) is 0 Å². The SMILES string of the molecule is CC(=O)NCCN(C(C)C(=O)O)S(=O)(=O)c1cc(C(N)=O)n(C)c1. The van der Waals surface area contributed by atoms with Crippen LogP contribution in [0.3, 0.4) is 0 Å². The van der Waals surface area contributed by atoms with Gasteiger partial charge in [-0.15, -0.1) is 0 Å². The van der Waals surface area contributed by atoms with Crippen LogP contribution in [0, 0.1) is 0 Å². The van der Waals surface area contributed by atoms with Crippen molar-refractivity contribution in [1.29, 1.82) is 0 Å². The number of primary amides is 1. The van der Waals surface area contributed by atoms with E-state index in [4.69, 9.17) is 10.8 Å². The van der Waals surface area contributed by atoms with Crippen molar-refractivity contribution in [2.75, 3.05) is 13.1 Å². The number of sulfonamides is 1. The smallest absolute Gasteiger partial charge is 0.321 e. The van der Waals surface area contributed by atoms with Crippen LogP contribution in [-0.4, -0.2) is 59.3 Å². The van der Waals surface area contributed by atoms with Gasteiger partial charge in [-0.2, -0.15) is 4.31 Å². The van der Waals surface area contributed by atoms with E-state index in [1.165, 1.54) is 31.7 Å². The maximum Gasteiger partial charge on any atom is 0.321 e. The lowest BCUT2D eigenvalue weighted by molar-refractivity contribution is -0.140. The Balaban J connectivity index is 3.23. The van der Waals surface area contributed by atoms with Gasteiger partial charge in [0.15, 0.2) is 0 Å². The second-order valence-corrected chi connectivity index (χ2v) is 7.04. The standard InChI is InChI=1S/C13H20N4O6S/c1-8(13(20)21)17(5-4-15-9(2)18)24(22,23)10-6-11(12(14)19)16(3)7-10/h6-8H,4-5H2,1-3H3,(H2,14,19)(H,15,18)(H,20,21). The minimum Gasteiger partial charge on any atom is -0.480 e. The molecule has 0 aromatic carbocycles. The second kappa shape index (κ2) is 7.45. The summed E-state index contributed by atoms with van der Waals surface area (Å²) in [7, 11) is -2.76. The summed E-state index contributed by atoms with van der Waals surface area (Å²) >= 11 is 0. The van der Waals surface area contributed by atoms with Crippen molar-refractivity contribution in [3.05, 3.63) is 18.0 Å². The quantitative estimate of drug-likeness (QED) is 0.525. The lowest BCUT2D eigenvalue weighted by Crippen LogP contribution is -2.46.